The summed E-state index contributed by atoms with van der Waals surface area (Å²) in [5, 5.41) is 18.0. The number of hydrogen-bond acceptors (Lipinski definition) is 4. The van der Waals surface area contributed by atoms with Crippen LogP contribution in [-0.4, -0.2) is 30.1 Å². The van der Waals surface area contributed by atoms with Gasteiger partial charge in [-0.15, -0.1) is 0 Å². The normalized spacial score (nSPS) is 20.1. The zero-order valence-electron chi connectivity index (χ0n) is 9.30. The minimum Gasteiger partial charge on any atom is -0.462 e. The molecule has 0 bridgehead atoms. The fraction of sp³-hybridized carbons (Fsp3) is 0.455. The Morgan fingerprint density at radius 1 is 1.35 bits per heavy atom. The van der Waals surface area contributed by atoms with Crippen molar-refractivity contribution < 1.29 is 23.9 Å². The van der Waals surface area contributed by atoms with E-state index in [0.717, 1.165) is 18.9 Å². The van der Waals surface area contributed by atoms with Crippen LogP contribution in [0.3, 0.4) is 0 Å². The third kappa shape index (κ3) is 3.18. The Morgan fingerprint density at radius 3 is 2.82 bits per heavy atom. The maximum Gasteiger partial charge on any atom is 0.488 e. The van der Waals surface area contributed by atoms with Crippen molar-refractivity contribution in [1.29, 1.82) is 0 Å². The average Bonchev–Trinajstić information content (AvgIpc) is 2.33. The largest absolute Gasteiger partial charge is 0.488 e. The predicted octanol–water partition coefficient (Wildman–Crippen LogP) is 0.411. The van der Waals surface area contributed by atoms with Gasteiger partial charge in [0.05, 0.1) is 6.61 Å². The van der Waals surface area contributed by atoms with Gasteiger partial charge in [0, 0.05) is 6.42 Å². The summed E-state index contributed by atoms with van der Waals surface area (Å²) >= 11 is 0. The van der Waals surface area contributed by atoms with Crippen LogP contribution in [0.5, 0.6) is 5.75 Å². The molecule has 1 unspecified atom stereocenters. The quantitative estimate of drug-likeness (QED) is 0.751. The lowest BCUT2D eigenvalue weighted by molar-refractivity contribution is -0.107. The molecule has 0 saturated carbocycles. The molecule has 1 heterocycles. The highest BCUT2D eigenvalue weighted by molar-refractivity contribution is 6.58. The van der Waals surface area contributed by atoms with Crippen LogP contribution in [0.1, 0.15) is 19.3 Å². The summed E-state index contributed by atoms with van der Waals surface area (Å²) in [5.74, 6) is -0.550. The summed E-state index contributed by atoms with van der Waals surface area (Å²) < 4.78 is 24.1. The van der Waals surface area contributed by atoms with Crippen LogP contribution in [0.4, 0.5) is 4.39 Å². The van der Waals surface area contributed by atoms with E-state index in [1.165, 1.54) is 12.1 Å². The Labute approximate surface area is 99.1 Å². The Kier molecular flexibility index (Phi) is 3.99. The second-order valence-electron chi connectivity index (χ2n) is 3.98. The van der Waals surface area contributed by atoms with Gasteiger partial charge >= 0.3 is 7.12 Å². The summed E-state index contributed by atoms with van der Waals surface area (Å²) in [6, 6.07) is 3.72. The second kappa shape index (κ2) is 5.49. The van der Waals surface area contributed by atoms with Gasteiger partial charge in [-0.25, -0.2) is 4.39 Å². The number of halogens is 1. The third-order valence-corrected chi connectivity index (χ3v) is 2.65. The molecule has 1 saturated heterocycles. The molecule has 2 N–H and O–H groups in total. The van der Waals surface area contributed by atoms with Crippen molar-refractivity contribution in [3.8, 4) is 5.75 Å². The van der Waals surface area contributed by atoms with Crippen LogP contribution < -0.4 is 10.2 Å². The summed E-state index contributed by atoms with van der Waals surface area (Å²) in [5.41, 5.74) is 0.192. The number of benzene rings is 1. The second-order valence-corrected chi connectivity index (χ2v) is 3.98. The molecule has 92 valence electrons. The minimum atomic E-state index is -1.63. The van der Waals surface area contributed by atoms with Crippen LogP contribution in [0.15, 0.2) is 18.2 Å². The van der Waals surface area contributed by atoms with E-state index in [4.69, 9.17) is 19.5 Å². The highest BCUT2D eigenvalue weighted by Gasteiger charge is 2.19. The van der Waals surface area contributed by atoms with Crippen molar-refractivity contribution >= 4 is 12.6 Å². The highest BCUT2D eigenvalue weighted by atomic mass is 19.1. The van der Waals surface area contributed by atoms with Gasteiger partial charge < -0.3 is 19.5 Å². The first kappa shape index (κ1) is 12.4. The van der Waals surface area contributed by atoms with Gasteiger partial charge in [0.15, 0.2) is 17.9 Å². The third-order valence-electron chi connectivity index (χ3n) is 2.65. The van der Waals surface area contributed by atoms with Crippen molar-refractivity contribution in [3.05, 3.63) is 24.0 Å². The molecule has 1 aromatic carbocycles. The molecule has 0 aromatic heterocycles. The van der Waals surface area contributed by atoms with Crippen LogP contribution in [-0.2, 0) is 4.74 Å². The zero-order chi connectivity index (χ0) is 12.3. The van der Waals surface area contributed by atoms with Crippen molar-refractivity contribution in [2.75, 3.05) is 6.61 Å². The van der Waals surface area contributed by atoms with Gasteiger partial charge in [-0.05, 0) is 30.4 Å². The summed E-state index contributed by atoms with van der Waals surface area (Å²) in [6.07, 6.45) is 2.22. The fourth-order valence-electron chi connectivity index (χ4n) is 1.72. The molecule has 1 fully saturated rings. The lowest BCUT2D eigenvalue weighted by Gasteiger charge is -2.23. The van der Waals surface area contributed by atoms with E-state index >= 15 is 0 Å². The topological polar surface area (TPSA) is 58.9 Å². The molecule has 17 heavy (non-hydrogen) atoms. The standard InChI is InChI=1S/C11H14BFO4/c13-9-5-4-8(12(14)15)7-10(9)17-11-3-1-2-6-16-11/h4-5,7,11,14-15H,1-3,6H2. The molecular weight excluding hydrogens is 226 g/mol. The molecule has 1 aliphatic heterocycles. The van der Waals surface area contributed by atoms with Crippen molar-refractivity contribution in [2.45, 2.75) is 25.6 Å². The lowest BCUT2D eigenvalue weighted by atomic mass is 9.80. The average molecular weight is 240 g/mol. The van der Waals surface area contributed by atoms with E-state index in [2.05, 4.69) is 0 Å². The molecule has 0 spiro atoms. The van der Waals surface area contributed by atoms with Gasteiger partial charge in [0.1, 0.15) is 0 Å². The van der Waals surface area contributed by atoms with E-state index in [1.54, 1.807) is 0 Å². The van der Waals surface area contributed by atoms with Crippen LogP contribution in [0.25, 0.3) is 0 Å². The minimum absolute atomic E-state index is 0.0116. The maximum absolute atomic E-state index is 13.4. The molecule has 2 rings (SSSR count). The van der Waals surface area contributed by atoms with E-state index in [0.29, 0.717) is 13.0 Å². The van der Waals surface area contributed by atoms with E-state index in [1.807, 2.05) is 0 Å². The van der Waals surface area contributed by atoms with Crippen molar-refractivity contribution in [1.82, 2.24) is 0 Å². The Bertz CT molecular complexity index is 380. The smallest absolute Gasteiger partial charge is 0.462 e. The van der Waals surface area contributed by atoms with Gasteiger partial charge in [0.2, 0.25) is 0 Å². The molecule has 6 heteroatoms. The summed E-state index contributed by atoms with van der Waals surface area (Å²) in [6.45, 7) is 0.606. The Balaban J connectivity index is 2.10. The van der Waals surface area contributed by atoms with Crippen LogP contribution >= 0.6 is 0 Å². The van der Waals surface area contributed by atoms with Gasteiger partial charge in [-0.2, -0.15) is 0 Å². The van der Waals surface area contributed by atoms with E-state index in [9.17, 15) is 4.39 Å². The van der Waals surface area contributed by atoms with Crippen molar-refractivity contribution in [2.24, 2.45) is 0 Å². The first-order valence-corrected chi connectivity index (χ1v) is 5.60. The van der Waals surface area contributed by atoms with Gasteiger partial charge in [-0.3, -0.25) is 0 Å². The van der Waals surface area contributed by atoms with E-state index in [-0.39, 0.29) is 11.2 Å². The van der Waals surface area contributed by atoms with Crippen LogP contribution in [0.2, 0.25) is 0 Å². The number of rotatable bonds is 3. The van der Waals surface area contributed by atoms with E-state index < -0.39 is 19.2 Å². The fourth-order valence-corrected chi connectivity index (χ4v) is 1.72. The Hall–Kier alpha value is -1.11. The summed E-state index contributed by atoms with van der Waals surface area (Å²) in [7, 11) is -1.63. The zero-order valence-corrected chi connectivity index (χ0v) is 9.30. The summed E-state index contributed by atoms with van der Waals surface area (Å²) in [4.78, 5) is 0. The SMILES string of the molecule is OB(O)c1ccc(F)c(OC2CCCCO2)c1. The van der Waals surface area contributed by atoms with Gasteiger partial charge in [-0.1, -0.05) is 6.07 Å². The number of ether oxygens (including phenoxy) is 2. The molecular formula is C11H14BFO4. The molecule has 0 amide bonds. The molecule has 0 radical (unpaired) electrons. The first-order chi connectivity index (χ1) is 8.16. The molecule has 1 atom stereocenters. The molecule has 1 aromatic rings. The number of hydrogen-bond donors (Lipinski definition) is 2. The van der Waals surface area contributed by atoms with Gasteiger partial charge in [0.25, 0.3) is 0 Å². The lowest BCUT2D eigenvalue weighted by Crippen LogP contribution is -2.31. The predicted molar refractivity (Wildman–Crippen MR) is 60.4 cm³/mol. The highest BCUT2D eigenvalue weighted by Crippen LogP contribution is 2.21. The first-order valence-electron chi connectivity index (χ1n) is 5.60. The monoisotopic (exact) mass is 240 g/mol. The maximum atomic E-state index is 13.4. The molecule has 0 aliphatic carbocycles. The van der Waals surface area contributed by atoms with Crippen LogP contribution in [0, 0.1) is 5.82 Å². The Morgan fingerprint density at radius 2 is 2.18 bits per heavy atom. The molecule has 4 nitrogen and oxygen atoms in total. The molecule has 1 aliphatic rings. The van der Waals surface area contributed by atoms with Crippen molar-refractivity contribution in [3.63, 3.8) is 0 Å².